The summed E-state index contributed by atoms with van der Waals surface area (Å²) >= 11 is 0. The summed E-state index contributed by atoms with van der Waals surface area (Å²) < 4.78 is 0. The third kappa shape index (κ3) is 3.41. The summed E-state index contributed by atoms with van der Waals surface area (Å²) in [6, 6.07) is 8.17. The van der Waals surface area contributed by atoms with Gasteiger partial charge in [-0.3, -0.25) is 0 Å². The second-order valence-corrected chi connectivity index (χ2v) is 5.03. The van der Waals surface area contributed by atoms with E-state index in [1.54, 1.807) is 0 Å². The maximum Gasteiger partial charge on any atom is 0.148 e. The molecule has 0 spiro atoms. The third-order valence-corrected chi connectivity index (χ3v) is 3.29. The smallest absolute Gasteiger partial charge is 0.148 e. The molecule has 6 nitrogen and oxygen atoms in total. The number of nitrogens with one attached hydrogen (secondary N) is 2. The lowest BCUT2D eigenvalue weighted by atomic mass is 10.2. The van der Waals surface area contributed by atoms with Crippen LogP contribution in [0.3, 0.4) is 0 Å². The van der Waals surface area contributed by atoms with E-state index in [2.05, 4.69) is 37.7 Å². The zero-order chi connectivity index (χ0) is 15.4. The normalized spacial score (nSPS) is 10.3. The fourth-order valence-corrected chi connectivity index (χ4v) is 1.96. The van der Waals surface area contributed by atoms with Crippen molar-refractivity contribution in [3.8, 4) is 0 Å². The van der Waals surface area contributed by atoms with Gasteiger partial charge in [-0.25, -0.2) is 15.8 Å². The average Bonchev–Trinajstić information content (AvgIpc) is 2.49. The Morgan fingerprint density at radius 2 is 1.71 bits per heavy atom. The van der Waals surface area contributed by atoms with Gasteiger partial charge < -0.3 is 15.6 Å². The molecule has 4 N–H and O–H groups in total. The predicted octanol–water partition coefficient (Wildman–Crippen LogP) is 2.44. The first-order valence-electron chi connectivity index (χ1n) is 6.93. The summed E-state index contributed by atoms with van der Waals surface area (Å²) in [4.78, 5) is 10.9. The molecule has 0 unspecified atom stereocenters. The fourth-order valence-electron chi connectivity index (χ4n) is 1.96. The first-order chi connectivity index (χ1) is 10.0. The van der Waals surface area contributed by atoms with E-state index < -0.39 is 0 Å². The molecule has 1 heterocycles. The van der Waals surface area contributed by atoms with Crippen molar-refractivity contribution in [3.05, 3.63) is 35.7 Å². The first kappa shape index (κ1) is 15.1. The molecular weight excluding hydrogens is 264 g/mol. The molecule has 0 aliphatic rings. The SMILES string of the molecule is CCc1nc(NN)c(C)c(Nc2ccc(N(C)C)cc2)n1. The highest BCUT2D eigenvalue weighted by molar-refractivity contribution is 5.66. The number of hydrogen-bond acceptors (Lipinski definition) is 6. The number of nitrogens with zero attached hydrogens (tertiary/aromatic N) is 3. The zero-order valence-electron chi connectivity index (χ0n) is 12.9. The van der Waals surface area contributed by atoms with Crippen molar-refractivity contribution in [2.45, 2.75) is 20.3 Å². The quantitative estimate of drug-likeness (QED) is 0.579. The highest BCUT2D eigenvalue weighted by atomic mass is 15.3. The second kappa shape index (κ2) is 6.41. The summed E-state index contributed by atoms with van der Waals surface area (Å²) in [5.41, 5.74) is 5.65. The van der Waals surface area contributed by atoms with E-state index in [-0.39, 0.29) is 0 Å². The summed E-state index contributed by atoms with van der Waals surface area (Å²) in [7, 11) is 4.04. The van der Waals surface area contributed by atoms with Crippen LogP contribution in [-0.2, 0) is 6.42 Å². The highest BCUT2D eigenvalue weighted by Crippen LogP contribution is 2.24. The monoisotopic (exact) mass is 286 g/mol. The summed E-state index contributed by atoms with van der Waals surface area (Å²) in [6.45, 7) is 3.95. The molecule has 1 aromatic carbocycles. The van der Waals surface area contributed by atoms with E-state index in [9.17, 15) is 0 Å². The van der Waals surface area contributed by atoms with Gasteiger partial charge in [-0.05, 0) is 31.2 Å². The number of hydrogen-bond donors (Lipinski definition) is 3. The van der Waals surface area contributed by atoms with Gasteiger partial charge in [0.2, 0.25) is 0 Å². The van der Waals surface area contributed by atoms with E-state index >= 15 is 0 Å². The van der Waals surface area contributed by atoms with Crippen molar-refractivity contribution in [2.75, 3.05) is 29.7 Å². The van der Waals surface area contributed by atoms with Crippen molar-refractivity contribution in [1.29, 1.82) is 0 Å². The highest BCUT2D eigenvalue weighted by Gasteiger charge is 2.09. The van der Waals surface area contributed by atoms with Gasteiger partial charge in [0.25, 0.3) is 0 Å². The number of aromatic nitrogens is 2. The molecule has 0 aliphatic heterocycles. The van der Waals surface area contributed by atoms with Crippen LogP contribution in [-0.4, -0.2) is 24.1 Å². The Hall–Kier alpha value is -2.34. The van der Waals surface area contributed by atoms with Crippen LogP contribution in [0.1, 0.15) is 18.3 Å². The standard InChI is InChI=1S/C15H22N6/c1-5-13-18-14(10(2)15(19-13)20-16)17-11-6-8-12(9-7-11)21(3)4/h6-9H,5,16H2,1-4H3,(H2,17,18,19,20). The molecule has 0 fully saturated rings. The van der Waals surface area contributed by atoms with Gasteiger partial charge in [-0.15, -0.1) is 0 Å². The van der Waals surface area contributed by atoms with Crippen LogP contribution >= 0.6 is 0 Å². The van der Waals surface area contributed by atoms with Gasteiger partial charge in [-0.1, -0.05) is 6.92 Å². The molecule has 0 atom stereocenters. The molecule has 21 heavy (non-hydrogen) atoms. The van der Waals surface area contributed by atoms with Crippen LogP contribution in [0.4, 0.5) is 23.0 Å². The maximum atomic E-state index is 5.52. The minimum atomic E-state index is 0.647. The Morgan fingerprint density at radius 1 is 1.10 bits per heavy atom. The van der Waals surface area contributed by atoms with Crippen LogP contribution in [0.5, 0.6) is 0 Å². The van der Waals surface area contributed by atoms with E-state index in [4.69, 9.17) is 5.84 Å². The Bertz CT molecular complexity index is 606. The molecule has 1 aromatic heterocycles. The lowest BCUT2D eigenvalue weighted by Gasteiger charge is -2.15. The van der Waals surface area contributed by atoms with Crippen molar-refractivity contribution in [3.63, 3.8) is 0 Å². The summed E-state index contributed by atoms with van der Waals surface area (Å²) in [5.74, 6) is 7.69. The van der Waals surface area contributed by atoms with Crippen molar-refractivity contribution in [1.82, 2.24) is 9.97 Å². The van der Waals surface area contributed by atoms with Crippen LogP contribution in [0.2, 0.25) is 0 Å². The molecule has 0 saturated heterocycles. The maximum absolute atomic E-state index is 5.52. The Kier molecular flexibility index (Phi) is 4.59. The molecule has 0 radical (unpaired) electrons. The largest absolute Gasteiger partial charge is 0.378 e. The van der Waals surface area contributed by atoms with Crippen LogP contribution in [0, 0.1) is 6.92 Å². The average molecular weight is 286 g/mol. The number of anilines is 4. The van der Waals surface area contributed by atoms with Gasteiger partial charge in [-0.2, -0.15) is 0 Å². The minimum Gasteiger partial charge on any atom is -0.378 e. The van der Waals surface area contributed by atoms with Crippen molar-refractivity contribution in [2.24, 2.45) is 5.84 Å². The van der Waals surface area contributed by atoms with Crippen LogP contribution in [0.25, 0.3) is 0 Å². The molecule has 0 aliphatic carbocycles. The summed E-state index contributed by atoms with van der Waals surface area (Å²) in [6.07, 6.45) is 0.753. The number of nitrogens with two attached hydrogens (primary N) is 1. The van der Waals surface area contributed by atoms with Gasteiger partial charge in [0.05, 0.1) is 0 Å². The number of hydrazine groups is 1. The number of benzene rings is 1. The van der Waals surface area contributed by atoms with Gasteiger partial charge in [0, 0.05) is 37.5 Å². The Morgan fingerprint density at radius 3 is 2.24 bits per heavy atom. The van der Waals surface area contributed by atoms with E-state index in [1.807, 2.05) is 40.1 Å². The molecule has 6 heteroatoms. The molecular formula is C15H22N6. The van der Waals surface area contributed by atoms with E-state index in [1.165, 1.54) is 0 Å². The summed E-state index contributed by atoms with van der Waals surface area (Å²) in [5, 5.41) is 3.32. The van der Waals surface area contributed by atoms with Gasteiger partial charge in [0.1, 0.15) is 17.5 Å². The van der Waals surface area contributed by atoms with Crippen molar-refractivity contribution >= 4 is 23.0 Å². The molecule has 0 saturated carbocycles. The Balaban J connectivity index is 2.30. The third-order valence-electron chi connectivity index (χ3n) is 3.29. The van der Waals surface area contributed by atoms with Gasteiger partial charge >= 0.3 is 0 Å². The van der Waals surface area contributed by atoms with E-state index in [0.717, 1.165) is 35.0 Å². The van der Waals surface area contributed by atoms with E-state index in [0.29, 0.717) is 5.82 Å². The first-order valence-corrected chi connectivity index (χ1v) is 6.93. The lowest BCUT2D eigenvalue weighted by Crippen LogP contribution is -2.14. The van der Waals surface area contributed by atoms with Crippen LogP contribution in [0.15, 0.2) is 24.3 Å². The predicted molar refractivity (Wildman–Crippen MR) is 88.0 cm³/mol. The fraction of sp³-hybridized carbons (Fsp3) is 0.333. The molecule has 0 amide bonds. The topological polar surface area (TPSA) is 79.1 Å². The van der Waals surface area contributed by atoms with Crippen LogP contribution < -0.4 is 21.5 Å². The zero-order valence-corrected chi connectivity index (χ0v) is 12.9. The minimum absolute atomic E-state index is 0.647. The van der Waals surface area contributed by atoms with Crippen molar-refractivity contribution < 1.29 is 0 Å². The number of nitrogen functional groups attached to an aromatic ring is 1. The number of aryl methyl sites for hydroxylation is 1. The van der Waals surface area contributed by atoms with Gasteiger partial charge in [0.15, 0.2) is 0 Å². The molecule has 2 aromatic rings. The Labute approximate surface area is 125 Å². The molecule has 2 rings (SSSR count). The second-order valence-electron chi connectivity index (χ2n) is 5.03. The number of rotatable bonds is 5. The molecule has 112 valence electrons. The molecule has 0 bridgehead atoms. The lowest BCUT2D eigenvalue weighted by molar-refractivity contribution is 0.932.